The second kappa shape index (κ2) is 9.16. The van der Waals surface area contributed by atoms with Gasteiger partial charge in [-0.3, -0.25) is 0 Å². The number of fused-ring (bicyclic) bond motifs is 9. The first-order valence-corrected chi connectivity index (χ1v) is 15.7. The lowest BCUT2D eigenvalue weighted by Gasteiger charge is -2.29. The van der Waals surface area contributed by atoms with Gasteiger partial charge in [-0.05, 0) is 95.6 Å². The second-order valence-corrected chi connectivity index (χ2v) is 13.3. The summed E-state index contributed by atoms with van der Waals surface area (Å²) in [6, 6.07) is 32.5. The van der Waals surface area contributed by atoms with Crippen molar-refractivity contribution in [2.24, 2.45) is 11.8 Å². The Hall–Kier alpha value is -4.68. The summed E-state index contributed by atoms with van der Waals surface area (Å²) in [4.78, 5) is 0. The van der Waals surface area contributed by atoms with Gasteiger partial charge < -0.3 is 0 Å². The normalized spacial score (nSPS) is 23.8. The van der Waals surface area contributed by atoms with E-state index < -0.39 is 0 Å². The van der Waals surface area contributed by atoms with Crippen molar-refractivity contribution < 1.29 is 0 Å². The highest BCUT2D eigenvalue weighted by Gasteiger charge is 2.44. The van der Waals surface area contributed by atoms with Crippen LogP contribution in [0.25, 0.3) is 49.9 Å². The van der Waals surface area contributed by atoms with Crippen molar-refractivity contribution in [2.45, 2.75) is 31.1 Å². The summed E-state index contributed by atoms with van der Waals surface area (Å²) in [6.45, 7) is 4.82. The maximum absolute atomic E-state index is 2.46. The Morgan fingerprint density at radius 1 is 0.558 bits per heavy atom. The van der Waals surface area contributed by atoms with Crippen molar-refractivity contribution >= 4 is 27.6 Å². The van der Waals surface area contributed by atoms with Crippen LogP contribution in [0, 0.1) is 11.8 Å². The summed E-state index contributed by atoms with van der Waals surface area (Å²) in [6.07, 6.45) is 23.0. The van der Waals surface area contributed by atoms with Crippen LogP contribution in [0.5, 0.6) is 0 Å². The molecule has 0 nitrogen and oxygen atoms in total. The van der Waals surface area contributed by atoms with E-state index in [0.29, 0.717) is 23.7 Å². The summed E-state index contributed by atoms with van der Waals surface area (Å²) < 4.78 is 0. The van der Waals surface area contributed by atoms with Crippen molar-refractivity contribution in [2.75, 3.05) is 0 Å². The van der Waals surface area contributed by atoms with Crippen LogP contribution in [-0.2, 0) is 5.41 Å². The van der Waals surface area contributed by atoms with E-state index in [-0.39, 0.29) is 5.41 Å². The number of rotatable bonds is 2. The Labute approximate surface area is 254 Å². The van der Waals surface area contributed by atoms with Gasteiger partial charge in [-0.25, -0.2) is 0 Å². The molecule has 0 saturated carbocycles. The Balaban J connectivity index is 1.12. The molecule has 206 valence electrons. The first-order chi connectivity index (χ1) is 21.1. The zero-order valence-corrected chi connectivity index (χ0v) is 24.7. The molecule has 0 heterocycles. The van der Waals surface area contributed by atoms with Crippen molar-refractivity contribution in [1.82, 2.24) is 0 Å². The third-order valence-corrected chi connectivity index (χ3v) is 10.7. The van der Waals surface area contributed by atoms with E-state index >= 15 is 0 Å². The van der Waals surface area contributed by atoms with Crippen molar-refractivity contribution in [3.05, 3.63) is 162 Å². The molecule has 5 aromatic carbocycles. The van der Waals surface area contributed by atoms with E-state index in [0.717, 1.165) is 0 Å². The van der Waals surface area contributed by atoms with Gasteiger partial charge in [0.05, 0.1) is 0 Å². The largest absolute Gasteiger partial charge is 0.0796 e. The van der Waals surface area contributed by atoms with Crippen LogP contribution in [0.1, 0.15) is 47.9 Å². The summed E-state index contributed by atoms with van der Waals surface area (Å²) in [5.74, 6) is 1.87. The van der Waals surface area contributed by atoms with E-state index in [9.17, 15) is 0 Å². The van der Waals surface area contributed by atoms with Crippen LogP contribution in [0.15, 0.2) is 140 Å². The average Bonchev–Trinajstić information content (AvgIpc) is 3.29. The SMILES string of the molecule is CC1(C)c2cc(-c3ccc4cc(-c5cc6c(c7ccccc57)C5C=CC=CC5C=C6)ccc4c3)ccc2C2C=CC=CC21. The fourth-order valence-corrected chi connectivity index (χ4v) is 8.43. The predicted molar refractivity (Wildman–Crippen MR) is 183 cm³/mol. The van der Waals surface area contributed by atoms with E-state index in [4.69, 9.17) is 0 Å². The quantitative estimate of drug-likeness (QED) is 0.205. The first kappa shape index (κ1) is 24.9. The van der Waals surface area contributed by atoms with Gasteiger partial charge in [0.2, 0.25) is 0 Å². The standard InChI is InChI=1S/C43H34/c1-43(2)40-14-8-7-12-36(40)37-22-21-31(26-41(37)43)29-16-17-30-24-32(19-18-28(30)23-29)39-25-33-20-15-27-9-3-4-10-34(27)42(33)38-13-6-5-11-35(38)39/h3-27,34,36,40H,1-2H3. The Kier molecular flexibility index (Phi) is 5.30. The fraction of sp³-hybridized carbons (Fsp3) is 0.163. The van der Waals surface area contributed by atoms with Gasteiger partial charge in [0.1, 0.15) is 0 Å². The van der Waals surface area contributed by atoms with Gasteiger partial charge in [0, 0.05) is 17.8 Å². The zero-order valence-electron chi connectivity index (χ0n) is 24.7. The van der Waals surface area contributed by atoms with Crippen LogP contribution >= 0.6 is 0 Å². The minimum atomic E-state index is 0.126. The van der Waals surface area contributed by atoms with E-state index in [1.165, 1.54) is 66.1 Å². The molecule has 0 aliphatic heterocycles. The summed E-state index contributed by atoms with van der Waals surface area (Å²) in [5, 5.41) is 5.27. The van der Waals surface area contributed by atoms with Gasteiger partial charge in [0.25, 0.3) is 0 Å². The summed E-state index contributed by atoms with van der Waals surface area (Å²) >= 11 is 0. The highest BCUT2D eigenvalue weighted by atomic mass is 14.5. The van der Waals surface area contributed by atoms with Gasteiger partial charge in [-0.15, -0.1) is 0 Å². The summed E-state index contributed by atoms with van der Waals surface area (Å²) in [7, 11) is 0. The van der Waals surface area contributed by atoms with E-state index in [2.05, 4.69) is 160 Å². The average molecular weight is 551 g/mol. The molecule has 0 saturated heterocycles. The van der Waals surface area contributed by atoms with Crippen molar-refractivity contribution in [3.63, 3.8) is 0 Å². The number of hydrogen-bond donors (Lipinski definition) is 0. The van der Waals surface area contributed by atoms with Crippen LogP contribution < -0.4 is 0 Å². The smallest absolute Gasteiger partial charge is 0.0131 e. The molecule has 43 heavy (non-hydrogen) atoms. The minimum absolute atomic E-state index is 0.126. The molecule has 0 spiro atoms. The maximum Gasteiger partial charge on any atom is 0.0131 e. The van der Waals surface area contributed by atoms with Crippen LogP contribution in [0.3, 0.4) is 0 Å². The van der Waals surface area contributed by atoms with Crippen molar-refractivity contribution in [1.29, 1.82) is 0 Å². The molecule has 4 unspecified atom stereocenters. The number of hydrogen-bond acceptors (Lipinski definition) is 0. The molecule has 4 aliphatic rings. The molecule has 0 fully saturated rings. The van der Waals surface area contributed by atoms with Crippen LogP contribution in [0.2, 0.25) is 0 Å². The van der Waals surface area contributed by atoms with Crippen LogP contribution in [-0.4, -0.2) is 0 Å². The van der Waals surface area contributed by atoms with Gasteiger partial charge in [-0.1, -0.05) is 141 Å². The second-order valence-electron chi connectivity index (χ2n) is 13.3. The number of benzene rings is 5. The van der Waals surface area contributed by atoms with Crippen LogP contribution in [0.4, 0.5) is 0 Å². The van der Waals surface area contributed by atoms with Gasteiger partial charge >= 0.3 is 0 Å². The van der Waals surface area contributed by atoms with Gasteiger partial charge in [-0.2, -0.15) is 0 Å². The topological polar surface area (TPSA) is 0 Å². The molecule has 0 amide bonds. The third-order valence-electron chi connectivity index (χ3n) is 10.7. The lowest BCUT2D eigenvalue weighted by Crippen LogP contribution is -2.24. The molecular formula is C43H34. The minimum Gasteiger partial charge on any atom is -0.0796 e. The zero-order chi connectivity index (χ0) is 28.7. The third kappa shape index (κ3) is 3.69. The molecule has 0 bridgehead atoms. The molecule has 0 N–H and O–H groups in total. The maximum atomic E-state index is 2.46. The Bertz CT molecular complexity index is 2130. The highest BCUT2D eigenvalue weighted by Crippen LogP contribution is 2.53. The molecule has 5 aromatic rings. The van der Waals surface area contributed by atoms with Gasteiger partial charge in [0.15, 0.2) is 0 Å². The molecule has 4 atom stereocenters. The molecule has 9 rings (SSSR count). The molecule has 4 aliphatic carbocycles. The molecule has 0 heteroatoms. The Morgan fingerprint density at radius 3 is 2.09 bits per heavy atom. The summed E-state index contributed by atoms with van der Waals surface area (Å²) in [5.41, 5.74) is 11.1. The number of allylic oxidation sites excluding steroid dienone is 9. The lowest BCUT2D eigenvalue weighted by atomic mass is 9.74. The van der Waals surface area contributed by atoms with E-state index in [1.807, 2.05) is 0 Å². The lowest BCUT2D eigenvalue weighted by molar-refractivity contribution is 0.394. The monoisotopic (exact) mass is 550 g/mol. The van der Waals surface area contributed by atoms with E-state index in [1.54, 1.807) is 0 Å². The molecular weight excluding hydrogens is 516 g/mol. The molecule has 0 aromatic heterocycles. The predicted octanol–water partition coefficient (Wildman–Crippen LogP) is 11.3. The molecule has 0 radical (unpaired) electrons. The Morgan fingerprint density at radius 2 is 1.23 bits per heavy atom. The fourth-order valence-electron chi connectivity index (χ4n) is 8.43. The highest BCUT2D eigenvalue weighted by molar-refractivity contribution is 6.03. The first-order valence-electron chi connectivity index (χ1n) is 15.7. The van der Waals surface area contributed by atoms with Crippen molar-refractivity contribution in [3.8, 4) is 22.3 Å².